The molecule has 2 aromatic heterocycles. The summed E-state index contributed by atoms with van der Waals surface area (Å²) in [6.45, 7) is 2.95. The van der Waals surface area contributed by atoms with E-state index in [0.29, 0.717) is 13.2 Å². The lowest BCUT2D eigenvalue weighted by atomic mass is 10.4. The van der Waals surface area contributed by atoms with Crippen LogP contribution in [0.1, 0.15) is 5.69 Å². The van der Waals surface area contributed by atoms with Gasteiger partial charge in [-0.05, 0) is 6.07 Å². The maximum atomic E-state index is 10.7. The van der Waals surface area contributed by atoms with Gasteiger partial charge in [-0.2, -0.15) is 5.10 Å². The van der Waals surface area contributed by atoms with Crippen LogP contribution in [0.25, 0.3) is 9.88 Å². The molecule has 0 radical (unpaired) electrons. The molecule has 0 unspecified atom stereocenters. The van der Waals surface area contributed by atoms with Gasteiger partial charge in [0.15, 0.2) is 0 Å². The molecule has 3 heterocycles. The molecule has 1 aliphatic heterocycles. The van der Waals surface area contributed by atoms with E-state index in [0.717, 1.165) is 40.0 Å². The second-order valence-electron chi connectivity index (χ2n) is 4.28. The standard InChI is InChI=1S/C12H12N4O3S2/c17-16(18)11-2-1-10(21-11)12-14-9(8-20-12)7-13-15-3-5-19-6-4-15/h1-2,7-8H,3-6H2/b13-7-. The predicted octanol–water partition coefficient (Wildman–Crippen LogP) is 2.45. The largest absolute Gasteiger partial charge is 0.378 e. The van der Waals surface area contributed by atoms with Gasteiger partial charge in [-0.25, -0.2) is 4.98 Å². The molecule has 0 aliphatic carbocycles. The molecular weight excluding hydrogens is 312 g/mol. The molecule has 0 bridgehead atoms. The number of thiophene rings is 1. The van der Waals surface area contributed by atoms with Crippen LogP contribution >= 0.6 is 22.7 Å². The van der Waals surface area contributed by atoms with Gasteiger partial charge >= 0.3 is 5.00 Å². The molecule has 1 fully saturated rings. The Bertz CT molecular complexity index is 661. The summed E-state index contributed by atoms with van der Waals surface area (Å²) in [5.41, 5.74) is 0.762. The lowest BCUT2D eigenvalue weighted by Gasteiger charge is -2.23. The summed E-state index contributed by atoms with van der Waals surface area (Å²) < 4.78 is 5.25. The van der Waals surface area contributed by atoms with Crippen molar-refractivity contribution in [3.8, 4) is 9.88 Å². The molecule has 0 aromatic carbocycles. The van der Waals surface area contributed by atoms with E-state index in [1.165, 1.54) is 17.4 Å². The molecule has 0 atom stereocenters. The normalized spacial score (nSPS) is 15.7. The smallest absolute Gasteiger partial charge is 0.324 e. The first-order chi connectivity index (χ1) is 10.2. The number of hydrogen-bond acceptors (Lipinski definition) is 8. The number of morpholine rings is 1. The maximum absolute atomic E-state index is 10.7. The lowest BCUT2D eigenvalue weighted by molar-refractivity contribution is -0.380. The minimum Gasteiger partial charge on any atom is -0.378 e. The van der Waals surface area contributed by atoms with Crippen molar-refractivity contribution >= 4 is 33.9 Å². The zero-order chi connectivity index (χ0) is 14.7. The summed E-state index contributed by atoms with van der Waals surface area (Å²) in [4.78, 5) is 15.5. The quantitative estimate of drug-likeness (QED) is 0.490. The molecule has 1 aliphatic rings. The molecule has 0 amide bonds. The van der Waals surface area contributed by atoms with Crippen molar-refractivity contribution in [1.29, 1.82) is 0 Å². The van der Waals surface area contributed by atoms with E-state index in [-0.39, 0.29) is 9.92 Å². The van der Waals surface area contributed by atoms with Crippen molar-refractivity contribution in [2.75, 3.05) is 26.3 Å². The van der Waals surface area contributed by atoms with Crippen molar-refractivity contribution in [2.45, 2.75) is 0 Å². The molecule has 9 heteroatoms. The fourth-order valence-corrected chi connectivity index (χ4v) is 3.47. The molecule has 0 saturated carbocycles. The van der Waals surface area contributed by atoms with Crippen LogP contribution in [-0.2, 0) is 4.74 Å². The van der Waals surface area contributed by atoms with Crippen LogP contribution in [0, 0.1) is 10.1 Å². The third kappa shape index (κ3) is 3.43. The molecular formula is C12H12N4O3S2. The maximum Gasteiger partial charge on any atom is 0.324 e. The highest BCUT2D eigenvalue weighted by Crippen LogP contribution is 2.34. The lowest BCUT2D eigenvalue weighted by Crippen LogP contribution is -2.32. The Morgan fingerprint density at radius 2 is 2.24 bits per heavy atom. The third-order valence-corrected chi connectivity index (χ3v) is 4.91. The van der Waals surface area contributed by atoms with Gasteiger partial charge in [0.05, 0.1) is 48.0 Å². The summed E-state index contributed by atoms with van der Waals surface area (Å²) >= 11 is 2.59. The second kappa shape index (κ2) is 6.29. The summed E-state index contributed by atoms with van der Waals surface area (Å²) in [5, 5.41) is 19.8. The third-order valence-electron chi connectivity index (χ3n) is 2.85. The summed E-state index contributed by atoms with van der Waals surface area (Å²) in [6.07, 6.45) is 1.72. The first-order valence-corrected chi connectivity index (χ1v) is 7.99. The van der Waals surface area contributed by atoms with Crippen molar-refractivity contribution in [1.82, 2.24) is 9.99 Å². The summed E-state index contributed by atoms with van der Waals surface area (Å²) in [6, 6.07) is 3.23. The fraction of sp³-hybridized carbons (Fsp3) is 0.333. The molecule has 7 nitrogen and oxygen atoms in total. The Morgan fingerprint density at radius 3 is 2.95 bits per heavy atom. The average molecular weight is 324 g/mol. The zero-order valence-corrected chi connectivity index (χ0v) is 12.6. The molecule has 2 aromatic rings. The highest BCUT2D eigenvalue weighted by molar-refractivity contribution is 7.23. The van der Waals surface area contributed by atoms with E-state index < -0.39 is 0 Å². The van der Waals surface area contributed by atoms with Crippen molar-refractivity contribution in [3.05, 3.63) is 33.3 Å². The van der Waals surface area contributed by atoms with Crippen LogP contribution in [0.4, 0.5) is 5.00 Å². The molecule has 110 valence electrons. The van der Waals surface area contributed by atoms with Crippen LogP contribution in [0.15, 0.2) is 22.6 Å². The first-order valence-electron chi connectivity index (χ1n) is 6.29. The van der Waals surface area contributed by atoms with Gasteiger partial charge in [-0.3, -0.25) is 15.1 Å². The predicted molar refractivity (Wildman–Crippen MR) is 82.1 cm³/mol. The molecule has 0 N–H and O–H groups in total. The van der Waals surface area contributed by atoms with E-state index >= 15 is 0 Å². The van der Waals surface area contributed by atoms with Crippen LogP contribution in [0.5, 0.6) is 0 Å². The van der Waals surface area contributed by atoms with Gasteiger partial charge in [0.2, 0.25) is 0 Å². The van der Waals surface area contributed by atoms with Crippen LogP contribution in [-0.4, -0.2) is 47.4 Å². The SMILES string of the molecule is O=[N+]([O-])c1ccc(-c2nc(/C=N\N3CCOCC3)cs2)s1. The first kappa shape index (κ1) is 14.1. The van der Waals surface area contributed by atoms with Crippen LogP contribution in [0.2, 0.25) is 0 Å². The number of ether oxygens (including phenoxy) is 1. The Morgan fingerprint density at radius 1 is 1.43 bits per heavy atom. The van der Waals surface area contributed by atoms with Gasteiger partial charge in [0, 0.05) is 11.4 Å². The molecule has 3 rings (SSSR count). The Labute approximate surface area is 128 Å². The van der Waals surface area contributed by atoms with E-state index in [2.05, 4.69) is 10.1 Å². The van der Waals surface area contributed by atoms with Crippen LogP contribution < -0.4 is 0 Å². The number of thiazole rings is 1. The number of hydrogen-bond donors (Lipinski definition) is 0. The van der Waals surface area contributed by atoms with Gasteiger partial charge in [-0.1, -0.05) is 11.3 Å². The average Bonchev–Trinajstić information content (AvgIpc) is 3.15. The van der Waals surface area contributed by atoms with Crippen molar-refractivity contribution in [3.63, 3.8) is 0 Å². The number of rotatable bonds is 4. The molecule has 21 heavy (non-hydrogen) atoms. The number of nitrogens with zero attached hydrogens (tertiary/aromatic N) is 4. The second-order valence-corrected chi connectivity index (χ2v) is 6.20. The number of hydrazone groups is 1. The van der Waals surface area contributed by atoms with Crippen molar-refractivity contribution < 1.29 is 9.66 Å². The van der Waals surface area contributed by atoms with Crippen molar-refractivity contribution in [2.24, 2.45) is 5.10 Å². The minimum absolute atomic E-state index is 0.128. The highest BCUT2D eigenvalue weighted by Gasteiger charge is 2.13. The fourth-order valence-electron chi connectivity index (χ4n) is 1.81. The van der Waals surface area contributed by atoms with Gasteiger partial charge in [0.25, 0.3) is 0 Å². The molecule has 1 saturated heterocycles. The topological polar surface area (TPSA) is 80.9 Å². The Balaban J connectivity index is 1.70. The Hall–Kier alpha value is -1.84. The van der Waals surface area contributed by atoms with E-state index in [4.69, 9.17) is 4.74 Å². The number of nitro groups is 1. The van der Waals surface area contributed by atoms with Gasteiger partial charge in [0.1, 0.15) is 5.01 Å². The van der Waals surface area contributed by atoms with E-state index in [1.807, 2.05) is 10.4 Å². The summed E-state index contributed by atoms with van der Waals surface area (Å²) in [5.74, 6) is 0. The monoisotopic (exact) mass is 324 g/mol. The minimum atomic E-state index is -0.386. The van der Waals surface area contributed by atoms with Crippen LogP contribution in [0.3, 0.4) is 0 Å². The zero-order valence-electron chi connectivity index (χ0n) is 11.0. The number of aromatic nitrogens is 1. The Kier molecular flexibility index (Phi) is 4.23. The van der Waals surface area contributed by atoms with Gasteiger partial charge < -0.3 is 4.74 Å². The van der Waals surface area contributed by atoms with E-state index in [1.54, 1.807) is 12.3 Å². The summed E-state index contributed by atoms with van der Waals surface area (Å²) in [7, 11) is 0. The highest BCUT2D eigenvalue weighted by atomic mass is 32.1. The van der Waals surface area contributed by atoms with Gasteiger partial charge in [-0.15, -0.1) is 11.3 Å². The van der Waals surface area contributed by atoms with E-state index in [9.17, 15) is 10.1 Å². The molecule has 0 spiro atoms.